The summed E-state index contributed by atoms with van der Waals surface area (Å²) in [6.07, 6.45) is 0.936. The van der Waals surface area contributed by atoms with Gasteiger partial charge in [-0.15, -0.1) is 33.3 Å². The number of hydrogen-bond acceptors (Lipinski definition) is 9. The van der Waals surface area contributed by atoms with Crippen molar-refractivity contribution in [3.05, 3.63) is 57.3 Å². The first-order valence-electron chi connectivity index (χ1n) is 7.40. The van der Waals surface area contributed by atoms with E-state index >= 15 is 0 Å². The van der Waals surface area contributed by atoms with Crippen LogP contribution in [0.3, 0.4) is 0 Å². The number of thioether (sulfide) groups is 1. The van der Waals surface area contributed by atoms with Gasteiger partial charge in [-0.25, -0.2) is 4.79 Å². The molecule has 1 unspecified atom stereocenters. The number of carbonyl (C=O) groups is 1. The minimum Gasteiger partial charge on any atom is -0.449 e. The first kappa shape index (κ1) is 18.1. The van der Waals surface area contributed by atoms with Crippen LogP contribution in [0.1, 0.15) is 29.3 Å². The number of hydrogen-bond donors (Lipinski definition) is 0. The van der Waals surface area contributed by atoms with E-state index in [1.165, 1.54) is 41.3 Å². The molecule has 0 radical (unpaired) electrons. The molecule has 0 N–H and O–H groups in total. The van der Waals surface area contributed by atoms with Crippen molar-refractivity contribution in [2.45, 2.75) is 17.9 Å². The lowest BCUT2D eigenvalue weighted by Gasteiger charge is -2.09. The van der Waals surface area contributed by atoms with Crippen LogP contribution in [0.4, 0.5) is 5.69 Å². The van der Waals surface area contributed by atoms with Gasteiger partial charge >= 0.3 is 5.97 Å². The molecule has 10 heteroatoms. The van der Waals surface area contributed by atoms with E-state index < -0.39 is 17.0 Å². The maximum Gasteiger partial charge on any atom is 0.339 e. The monoisotopic (exact) mass is 391 g/mol. The van der Waals surface area contributed by atoms with Crippen LogP contribution in [0.5, 0.6) is 0 Å². The SMILES string of the molecule is CSc1ccc(C(=O)OC(C)c2nnc(-c3cccs3)o2)cc1[N+](=O)[O-]. The van der Waals surface area contributed by atoms with Gasteiger partial charge in [0.25, 0.3) is 17.5 Å². The molecule has 3 rings (SSSR count). The number of nitro benzene ring substituents is 1. The van der Waals surface area contributed by atoms with E-state index in [9.17, 15) is 14.9 Å². The standard InChI is InChI=1S/C16H13N3O5S2/c1-9(14-17-18-15(24-14)13-4-3-7-26-13)23-16(20)10-5-6-12(25-2)11(8-10)19(21)22/h3-9H,1-2H3. The molecule has 0 aliphatic carbocycles. The number of rotatable bonds is 6. The van der Waals surface area contributed by atoms with Crippen LogP contribution in [0.25, 0.3) is 10.8 Å². The van der Waals surface area contributed by atoms with Crippen molar-refractivity contribution >= 4 is 34.8 Å². The first-order valence-corrected chi connectivity index (χ1v) is 9.50. The van der Waals surface area contributed by atoms with E-state index in [4.69, 9.17) is 9.15 Å². The summed E-state index contributed by atoms with van der Waals surface area (Å²) < 4.78 is 10.8. The van der Waals surface area contributed by atoms with Crippen molar-refractivity contribution in [1.82, 2.24) is 10.2 Å². The van der Waals surface area contributed by atoms with Gasteiger partial charge in [0.05, 0.1) is 20.3 Å². The van der Waals surface area contributed by atoms with Crippen molar-refractivity contribution in [3.8, 4) is 10.8 Å². The second kappa shape index (κ2) is 7.67. The van der Waals surface area contributed by atoms with Crippen LogP contribution in [-0.4, -0.2) is 27.3 Å². The zero-order chi connectivity index (χ0) is 18.7. The maximum absolute atomic E-state index is 12.3. The lowest BCUT2D eigenvalue weighted by molar-refractivity contribution is -0.387. The third-order valence-electron chi connectivity index (χ3n) is 3.42. The number of nitro groups is 1. The number of esters is 1. The summed E-state index contributed by atoms with van der Waals surface area (Å²) in [5.74, 6) is -0.209. The smallest absolute Gasteiger partial charge is 0.339 e. The van der Waals surface area contributed by atoms with Gasteiger partial charge < -0.3 is 9.15 Å². The third-order valence-corrected chi connectivity index (χ3v) is 5.06. The fraction of sp³-hybridized carbons (Fsp3) is 0.188. The fourth-order valence-corrected chi connectivity index (χ4v) is 3.33. The fourth-order valence-electron chi connectivity index (χ4n) is 2.14. The molecular formula is C16H13N3O5S2. The van der Waals surface area contributed by atoms with Crippen molar-refractivity contribution in [1.29, 1.82) is 0 Å². The molecule has 0 bridgehead atoms. The maximum atomic E-state index is 12.3. The molecule has 0 fully saturated rings. The molecule has 2 heterocycles. The number of benzene rings is 1. The molecule has 0 saturated heterocycles. The van der Waals surface area contributed by atoms with Crippen LogP contribution < -0.4 is 0 Å². The van der Waals surface area contributed by atoms with Crippen LogP contribution in [-0.2, 0) is 4.74 Å². The van der Waals surface area contributed by atoms with E-state index in [2.05, 4.69) is 10.2 Å². The topological polar surface area (TPSA) is 108 Å². The van der Waals surface area contributed by atoms with Crippen LogP contribution in [0.15, 0.2) is 45.0 Å². The highest BCUT2D eigenvalue weighted by molar-refractivity contribution is 7.98. The molecule has 0 amide bonds. The zero-order valence-electron chi connectivity index (χ0n) is 13.7. The molecule has 0 saturated carbocycles. The lowest BCUT2D eigenvalue weighted by Crippen LogP contribution is -2.10. The van der Waals surface area contributed by atoms with Crippen molar-refractivity contribution in [2.75, 3.05) is 6.26 Å². The average molecular weight is 391 g/mol. The highest BCUT2D eigenvalue weighted by atomic mass is 32.2. The average Bonchev–Trinajstić information content (AvgIpc) is 3.32. The minimum absolute atomic E-state index is 0.0827. The largest absolute Gasteiger partial charge is 0.449 e. The second-order valence-corrected chi connectivity index (χ2v) is 6.91. The number of carbonyl (C=O) groups excluding carboxylic acids is 1. The van der Waals surface area contributed by atoms with Crippen LogP contribution >= 0.6 is 23.1 Å². The predicted molar refractivity (Wildman–Crippen MR) is 96.3 cm³/mol. The summed E-state index contributed by atoms with van der Waals surface area (Å²) in [6.45, 7) is 1.59. The molecular weight excluding hydrogens is 378 g/mol. The lowest BCUT2D eigenvalue weighted by atomic mass is 10.2. The van der Waals surface area contributed by atoms with Gasteiger partial charge in [0.2, 0.25) is 0 Å². The predicted octanol–water partition coefficient (Wildman–Crippen LogP) is 4.35. The van der Waals surface area contributed by atoms with E-state index in [1.54, 1.807) is 13.2 Å². The summed E-state index contributed by atoms with van der Waals surface area (Å²) in [6, 6.07) is 7.90. The summed E-state index contributed by atoms with van der Waals surface area (Å²) in [5.41, 5.74) is -0.0586. The summed E-state index contributed by atoms with van der Waals surface area (Å²) in [7, 11) is 0. The Bertz CT molecular complexity index is 939. The highest BCUT2D eigenvalue weighted by Crippen LogP contribution is 2.30. The normalized spacial score (nSPS) is 11.9. The van der Waals surface area contributed by atoms with Gasteiger partial charge in [-0.2, -0.15) is 0 Å². The molecule has 2 aromatic heterocycles. The summed E-state index contributed by atoms with van der Waals surface area (Å²) in [4.78, 5) is 24.2. The number of thiophene rings is 1. The van der Waals surface area contributed by atoms with Crippen molar-refractivity contribution in [3.63, 3.8) is 0 Å². The Morgan fingerprint density at radius 2 is 2.19 bits per heavy atom. The van der Waals surface area contributed by atoms with E-state index in [0.717, 1.165) is 4.88 Å². The molecule has 1 atom stereocenters. The molecule has 0 aliphatic rings. The number of nitrogens with zero attached hydrogens (tertiary/aromatic N) is 3. The van der Waals surface area contributed by atoms with E-state index in [0.29, 0.717) is 10.8 Å². The van der Waals surface area contributed by atoms with Crippen LogP contribution in [0.2, 0.25) is 0 Å². The molecule has 134 valence electrons. The third kappa shape index (κ3) is 3.75. The Morgan fingerprint density at radius 3 is 2.85 bits per heavy atom. The zero-order valence-corrected chi connectivity index (χ0v) is 15.4. The molecule has 8 nitrogen and oxygen atoms in total. The van der Waals surface area contributed by atoms with Gasteiger partial charge in [-0.3, -0.25) is 10.1 Å². The highest BCUT2D eigenvalue weighted by Gasteiger charge is 2.22. The van der Waals surface area contributed by atoms with Crippen LogP contribution in [0, 0.1) is 10.1 Å². The molecule has 0 spiro atoms. The minimum atomic E-state index is -0.789. The summed E-state index contributed by atoms with van der Waals surface area (Å²) >= 11 is 2.68. The van der Waals surface area contributed by atoms with Gasteiger partial charge in [-0.05, 0) is 36.8 Å². The molecule has 0 aliphatic heterocycles. The van der Waals surface area contributed by atoms with Crippen molar-refractivity contribution in [2.24, 2.45) is 0 Å². The Hall–Kier alpha value is -2.72. The van der Waals surface area contributed by atoms with Gasteiger partial charge in [0.15, 0.2) is 6.10 Å². The van der Waals surface area contributed by atoms with Crippen molar-refractivity contribution < 1.29 is 18.9 Å². The Kier molecular flexibility index (Phi) is 5.33. The number of ether oxygens (including phenoxy) is 1. The molecule has 26 heavy (non-hydrogen) atoms. The van der Waals surface area contributed by atoms with Gasteiger partial charge in [-0.1, -0.05) is 6.07 Å². The quantitative estimate of drug-likeness (QED) is 0.264. The van der Waals surface area contributed by atoms with E-state index in [-0.39, 0.29) is 17.1 Å². The molecule has 3 aromatic rings. The second-order valence-electron chi connectivity index (χ2n) is 5.11. The Morgan fingerprint density at radius 1 is 1.38 bits per heavy atom. The van der Waals surface area contributed by atoms with Gasteiger partial charge in [0.1, 0.15) is 0 Å². The Balaban J connectivity index is 1.75. The van der Waals surface area contributed by atoms with Gasteiger partial charge in [0, 0.05) is 6.07 Å². The number of aromatic nitrogens is 2. The molecule has 1 aromatic carbocycles. The van der Waals surface area contributed by atoms with E-state index in [1.807, 2.05) is 17.5 Å². The first-order chi connectivity index (χ1) is 12.5. The summed E-state index contributed by atoms with van der Waals surface area (Å²) in [5, 5.41) is 20.8. The Labute approximate surface area is 156 Å².